The zero-order valence-corrected chi connectivity index (χ0v) is 38.9. The van der Waals surface area contributed by atoms with Gasteiger partial charge in [0.25, 0.3) is 0 Å². The van der Waals surface area contributed by atoms with E-state index in [1.165, 1.54) is 12.5 Å². The number of carbonyl (C=O) groups is 2. The lowest BCUT2D eigenvalue weighted by Crippen LogP contribution is -2.31. The van der Waals surface area contributed by atoms with Crippen LogP contribution in [0.3, 0.4) is 0 Å². The van der Waals surface area contributed by atoms with Crippen LogP contribution in [0.1, 0.15) is 62.6 Å². The summed E-state index contributed by atoms with van der Waals surface area (Å²) in [4.78, 5) is 25.5. The largest absolute Gasteiger partial charge is 0.502 e. The highest BCUT2D eigenvalue weighted by atomic mass is 16.6. The molecule has 0 aromatic heterocycles. The second kappa shape index (κ2) is 27.6. The Labute approximate surface area is 398 Å². The molecule has 15 heteroatoms. The van der Waals surface area contributed by atoms with Crippen LogP contribution in [0, 0.1) is 11.8 Å². The number of carbonyl (C=O) groups excluding carboxylic acids is 2. The van der Waals surface area contributed by atoms with Crippen LogP contribution in [0.5, 0.6) is 11.5 Å². The van der Waals surface area contributed by atoms with E-state index in [1.807, 2.05) is 68.5 Å². The van der Waals surface area contributed by atoms with Gasteiger partial charge in [0.2, 0.25) is 0 Å². The summed E-state index contributed by atoms with van der Waals surface area (Å²) in [7, 11) is 0. The lowest BCUT2D eigenvalue weighted by Gasteiger charge is -2.29. The molecular weight excluding hydrogens is 877 g/mol. The van der Waals surface area contributed by atoms with Crippen LogP contribution in [-0.2, 0) is 44.4 Å². The molecule has 2 aromatic carbocycles. The maximum Gasteiger partial charge on any atom is 0.339 e. The number of aryl methyl sites for hydroxylation is 1. The summed E-state index contributed by atoms with van der Waals surface area (Å²) < 4.78 is 44.0. The summed E-state index contributed by atoms with van der Waals surface area (Å²) in [6.07, 6.45) is 16.6. The molecule has 2 aromatic rings. The van der Waals surface area contributed by atoms with Gasteiger partial charge in [-0.1, -0.05) is 69.5 Å². The molecule has 2 heterocycles. The average molecular weight is 943 g/mol. The van der Waals surface area contributed by atoms with Crippen molar-refractivity contribution in [3.63, 3.8) is 0 Å². The minimum Gasteiger partial charge on any atom is -0.502 e. The summed E-state index contributed by atoms with van der Waals surface area (Å²) in [5, 5.41) is 48.3. The van der Waals surface area contributed by atoms with Gasteiger partial charge < -0.3 is 63.4 Å². The SMILES string of the molecule is C=COCCC(O)COC1=CC2OC(=O)C(c3ccc(OCCC(O)C(O)CC)cc3)=CC2C=C1.C=COCCC(O)COC1=CC2OC(=O)C(c3ccc(OCCCO)cc3CC)=CC2C=C1. The fraction of sp³-hybridized carbons (Fsp3) is 0.434. The van der Waals surface area contributed by atoms with E-state index in [-0.39, 0.29) is 44.2 Å². The average Bonchev–Trinajstić information content (AvgIpc) is 3.35. The standard InChI is InChI=1S/C27H34O8.C26H32O7/c1-3-24(29)25(30)12-14-33-21-8-5-18(6-9-21)23-15-19-7-10-22(16-26(19)35-27(23)31)34-17-20(28)11-13-32-4-2;1-3-18-14-21(31-12-5-11-27)8-9-23(18)24-15-19-6-7-22(16-25(19)33-26(24)29)32-17-20(28)10-13-30-4-2/h4-10,15-16,19-20,24-26,28-30H,2-3,11-14,17H2,1H3;4,6-9,14-16,19-20,25,27-28H,2-3,5,10-13,17H2,1H3. The number of rotatable bonds is 27. The Hall–Kier alpha value is -6.10. The van der Waals surface area contributed by atoms with Crippen LogP contribution in [-0.4, -0.2) is 120 Å². The van der Waals surface area contributed by atoms with E-state index in [1.54, 1.807) is 36.4 Å². The highest BCUT2D eigenvalue weighted by Crippen LogP contribution is 2.35. The zero-order chi connectivity index (χ0) is 48.8. The molecule has 0 bridgehead atoms. The first-order valence-corrected chi connectivity index (χ1v) is 23.1. The van der Waals surface area contributed by atoms with Crippen LogP contribution in [0.25, 0.3) is 11.1 Å². The van der Waals surface area contributed by atoms with Crippen LogP contribution < -0.4 is 9.47 Å². The van der Waals surface area contributed by atoms with Crippen molar-refractivity contribution in [2.24, 2.45) is 11.8 Å². The van der Waals surface area contributed by atoms with Gasteiger partial charge in [0.15, 0.2) is 0 Å². The molecule has 368 valence electrons. The van der Waals surface area contributed by atoms with E-state index in [4.69, 9.17) is 43.0 Å². The van der Waals surface area contributed by atoms with Gasteiger partial charge in [-0.05, 0) is 78.1 Å². The Kier molecular flexibility index (Phi) is 21.5. The Morgan fingerprint density at radius 2 is 1.19 bits per heavy atom. The molecule has 15 nitrogen and oxygen atoms in total. The monoisotopic (exact) mass is 942 g/mol. The van der Waals surface area contributed by atoms with Crippen LogP contribution in [0.2, 0.25) is 0 Å². The molecule has 2 aliphatic carbocycles. The number of ether oxygens (including phenoxy) is 8. The third-order valence-electron chi connectivity index (χ3n) is 11.3. The molecule has 5 N–H and O–H groups in total. The Balaban J connectivity index is 0.000000255. The number of fused-ring (bicyclic) bond motifs is 2. The van der Waals surface area contributed by atoms with E-state index < -0.39 is 42.6 Å². The number of aliphatic hydroxyl groups is 5. The summed E-state index contributed by atoms with van der Waals surface area (Å²) in [5.74, 6) is 1.39. The molecule has 6 rings (SSSR count). The smallest absolute Gasteiger partial charge is 0.339 e. The van der Waals surface area contributed by atoms with Gasteiger partial charge in [0.1, 0.15) is 48.4 Å². The first-order valence-electron chi connectivity index (χ1n) is 23.1. The van der Waals surface area contributed by atoms with Gasteiger partial charge in [-0.2, -0.15) is 0 Å². The maximum atomic E-state index is 12.8. The van der Waals surface area contributed by atoms with Crippen molar-refractivity contribution in [2.45, 2.75) is 89.0 Å². The predicted octanol–water partition coefficient (Wildman–Crippen LogP) is 6.21. The molecule has 0 amide bonds. The summed E-state index contributed by atoms with van der Waals surface area (Å²) in [6, 6.07) is 12.7. The summed E-state index contributed by atoms with van der Waals surface area (Å²) >= 11 is 0. The Morgan fingerprint density at radius 1 is 0.647 bits per heavy atom. The molecular formula is C53H66O15. The molecule has 0 radical (unpaired) electrons. The highest BCUT2D eigenvalue weighted by molar-refractivity contribution is 6.18. The Morgan fingerprint density at radius 3 is 1.74 bits per heavy atom. The van der Waals surface area contributed by atoms with Crippen molar-refractivity contribution in [3.05, 3.63) is 145 Å². The molecule has 0 saturated carbocycles. The third kappa shape index (κ3) is 16.0. The molecule has 0 spiro atoms. The van der Waals surface area contributed by atoms with Gasteiger partial charge in [0.05, 0.1) is 74.5 Å². The number of benzene rings is 2. The molecule has 0 saturated heterocycles. The van der Waals surface area contributed by atoms with Crippen molar-refractivity contribution in [1.29, 1.82) is 0 Å². The minimum atomic E-state index is -0.820. The van der Waals surface area contributed by atoms with E-state index in [2.05, 4.69) is 13.2 Å². The van der Waals surface area contributed by atoms with Gasteiger partial charge in [-0.25, -0.2) is 9.59 Å². The maximum absolute atomic E-state index is 12.8. The lowest BCUT2D eigenvalue weighted by molar-refractivity contribution is -0.142. The summed E-state index contributed by atoms with van der Waals surface area (Å²) in [6.45, 7) is 12.5. The number of aliphatic hydroxyl groups excluding tert-OH is 5. The van der Waals surface area contributed by atoms with Gasteiger partial charge in [-0.15, -0.1) is 0 Å². The quantitative estimate of drug-likeness (QED) is 0.0383. The van der Waals surface area contributed by atoms with Crippen molar-refractivity contribution in [1.82, 2.24) is 0 Å². The van der Waals surface area contributed by atoms with Crippen LogP contribution >= 0.6 is 0 Å². The molecule has 8 atom stereocenters. The topological polar surface area (TPSA) is 209 Å². The zero-order valence-electron chi connectivity index (χ0n) is 38.9. The fourth-order valence-electron chi connectivity index (χ4n) is 7.40. The molecule has 2 aliphatic heterocycles. The number of allylic oxidation sites excluding steroid dienone is 2. The normalized spacial score (nSPS) is 20.9. The van der Waals surface area contributed by atoms with Crippen molar-refractivity contribution < 1.29 is 73.0 Å². The van der Waals surface area contributed by atoms with E-state index >= 15 is 0 Å². The van der Waals surface area contributed by atoms with E-state index in [0.717, 1.165) is 17.5 Å². The number of esters is 2. The molecule has 8 unspecified atom stereocenters. The van der Waals surface area contributed by atoms with Crippen molar-refractivity contribution >= 4 is 23.1 Å². The van der Waals surface area contributed by atoms with E-state index in [9.17, 15) is 30.0 Å². The van der Waals surface area contributed by atoms with Crippen LogP contribution in [0.15, 0.2) is 128 Å². The van der Waals surface area contributed by atoms with Gasteiger partial charge >= 0.3 is 11.9 Å². The third-order valence-corrected chi connectivity index (χ3v) is 11.3. The summed E-state index contributed by atoms with van der Waals surface area (Å²) in [5.41, 5.74) is 3.55. The first-order chi connectivity index (χ1) is 33.0. The fourth-order valence-corrected chi connectivity index (χ4v) is 7.40. The number of hydrogen-bond donors (Lipinski definition) is 5. The van der Waals surface area contributed by atoms with Crippen molar-refractivity contribution in [3.8, 4) is 11.5 Å². The number of hydrogen-bond acceptors (Lipinski definition) is 15. The molecule has 4 aliphatic rings. The second-order valence-corrected chi connectivity index (χ2v) is 16.3. The highest BCUT2D eigenvalue weighted by Gasteiger charge is 2.34. The molecule has 68 heavy (non-hydrogen) atoms. The van der Waals surface area contributed by atoms with Gasteiger partial charge in [0, 0.05) is 44.1 Å². The Bertz CT molecular complexity index is 2150. The van der Waals surface area contributed by atoms with Crippen molar-refractivity contribution in [2.75, 3.05) is 46.2 Å². The second-order valence-electron chi connectivity index (χ2n) is 16.3. The predicted molar refractivity (Wildman–Crippen MR) is 254 cm³/mol. The lowest BCUT2D eigenvalue weighted by atomic mass is 9.88. The van der Waals surface area contributed by atoms with Crippen LogP contribution in [0.4, 0.5) is 0 Å². The first kappa shape index (κ1) is 52.9. The molecule has 0 fully saturated rings. The van der Waals surface area contributed by atoms with E-state index in [0.29, 0.717) is 91.7 Å². The van der Waals surface area contributed by atoms with Gasteiger partial charge in [-0.3, -0.25) is 0 Å². The minimum absolute atomic E-state index is 0.0833.